The molecule has 0 N–H and O–H groups in total. The summed E-state index contributed by atoms with van der Waals surface area (Å²) in [6, 6.07) is 13.3. The number of methoxy groups -OCH3 is 1. The first kappa shape index (κ1) is 9.28. The molecule has 0 saturated carbocycles. The van der Waals surface area contributed by atoms with Gasteiger partial charge in [-0.3, -0.25) is 0 Å². The maximum Gasteiger partial charge on any atom is 0.127 e. The zero-order chi connectivity index (χ0) is 12.3. The number of ether oxygens (including phenoxy) is 2. The molecule has 0 aliphatic carbocycles. The van der Waals surface area contributed by atoms with E-state index in [4.69, 9.17) is 10.8 Å². The first-order valence-electron chi connectivity index (χ1n) is 5.58. The molecular formula is C14H14O2. The van der Waals surface area contributed by atoms with Crippen LogP contribution < -0.4 is 9.47 Å². The lowest BCUT2D eigenvalue weighted by Crippen LogP contribution is -1.85. The van der Waals surface area contributed by atoms with Crippen molar-refractivity contribution in [3.8, 4) is 17.2 Å². The zero-order valence-electron chi connectivity index (χ0n) is 10.4. The second-order valence-corrected chi connectivity index (χ2v) is 3.51. The van der Waals surface area contributed by atoms with Crippen molar-refractivity contribution in [3.05, 3.63) is 54.1 Å². The third-order valence-corrected chi connectivity index (χ3v) is 2.23. The van der Waals surface area contributed by atoms with Gasteiger partial charge in [0.2, 0.25) is 0 Å². The quantitative estimate of drug-likeness (QED) is 0.775. The molecule has 2 nitrogen and oxygen atoms in total. The Hall–Kier alpha value is -1.96. The van der Waals surface area contributed by atoms with Gasteiger partial charge in [-0.15, -0.1) is 0 Å². The molecule has 2 heteroatoms. The summed E-state index contributed by atoms with van der Waals surface area (Å²) in [6.07, 6.45) is 0. The van der Waals surface area contributed by atoms with Crippen LogP contribution in [-0.4, -0.2) is 7.11 Å². The van der Waals surface area contributed by atoms with E-state index in [1.165, 1.54) is 5.56 Å². The van der Waals surface area contributed by atoms with E-state index in [-0.39, 0.29) is 0 Å². The van der Waals surface area contributed by atoms with Crippen LogP contribution in [0, 0.1) is 6.92 Å². The molecule has 2 rings (SSSR count). The molecule has 0 heterocycles. The van der Waals surface area contributed by atoms with Crippen molar-refractivity contribution in [3.63, 3.8) is 0 Å². The Morgan fingerprint density at radius 2 is 1.44 bits per heavy atom. The third-order valence-electron chi connectivity index (χ3n) is 2.23. The fourth-order valence-electron chi connectivity index (χ4n) is 1.33. The number of hydrogen-bond donors (Lipinski definition) is 0. The lowest BCUT2D eigenvalue weighted by molar-refractivity contribution is 0.413. The van der Waals surface area contributed by atoms with Crippen LogP contribution in [0.2, 0.25) is 0 Å². The molecule has 2 aromatic carbocycles. The zero-order valence-corrected chi connectivity index (χ0v) is 9.36. The summed E-state index contributed by atoms with van der Waals surface area (Å²) < 4.78 is 18.4. The van der Waals surface area contributed by atoms with E-state index < -0.39 is 0 Å². The smallest absolute Gasteiger partial charge is 0.127 e. The van der Waals surface area contributed by atoms with Gasteiger partial charge in [-0.05, 0) is 43.3 Å². The fraction of sp³-hybridized carbons (Fsp3) is 0.143. The SMILES string of the molecule is [2H]c1cc(Oc2ccc(C)cc2)ccc1OC. The van der Waals surface area contributed by atoms with Crippen LogP contribution in [-0.2, 0) is 0 Å². The van der Waals surface area contributed by atoms with Crippen LogP contribution in [0.1, 0.15) is 6.93 Å². The second kappa shape index (κ2) is 4.71. The topological polar surface area (TPSA) is 18.5 Å². The molecule has 0 aliphatic rings. The van der Waals surface area contributed by atoms with Crippen LogP contribution in [0.15, 0.2) is 48.5 Å². The van der Waals surface area contributed by atoms with Gasteiger partial charge in [0.05, 0.1) is 8.48 Å². The fourth-order valence-corrected chi connectivity index (χ4v) is 1.33. The number of aryl methyl sites for hydroxylation is 1. The molecule has 0 fully saturated rings. The molecule has 0 saturated heterocycles. The Balaban J connectivity index is 2.19. The minimum atomic E-state index is 0.317. The van der Waals surface area contributed by atoms with Crippen molar-refractivity contribution in [1.29, 1.82) is 0 Å². The Bertz CT molecular complexity index is 506. The van der Waals surface area contributed by atoms with Crippen molar-refractivity contribution in [2.45, 2.75) is 6.92 Å². The van der Waals surface area contributed by atoms with Crippen molar-refractivity contribution < 1.29 is 10.8 Å². The average Bonchev–Trinajstić information content (AvgIpc) is 2.32. The van der Waals surface area contributed by atoms with Gasteiger partial charge < -0.3 is 9.47 Å². The van der Waals surface area contributed by atoms with E-state index in [0.717, 1.165) is 5.75 Å². The van der Waals surface area contributed by atoms with Crippen molar-refractivity contribution >= 4 is 0 Å². The highest BCUT2D eigenvalue weighted by atomic mass is 16.5. The third kappa shape index (κ3) is 2.54. The maximum atomic E-state index is 7.71. The van der Waals surface area contributed by atoms with Gasteiger partial charge >= 0.3 is 0 Å². The summed E-state index contributed by atoms with van der Waals surface area (Å²) in [5.74, 6) is 1.95. The van der Waals surface area contributed by atoms with Crippen molar-refractivity contribution in [1.82, 2.24) is 0 Å². The van der Waals surface area contributed by atoms with Gasteiger partial charge in [0.15, 0.2) is 0 Å². The monoisotopic (exact) mass is 215 g/mol. The molecule has 0 bridgehead atoms. The molecule has 0 unspecified atom stereocenters. The predicted molar refractivity (Wildman–Crippen MR) is 64.2 cm³/mol. The van der Waals surface area contributed by atoms with Crippen LogP contribution in [0.5, 0.6) is 17.2 Å². The lowest BCUT2D eigenvalue weighted by Gasteiger charge is -2.06. The molecule has 82 valence electrons. The Morgan fingerprint density at radius 3 is 2.06 bits per heavy atom. The summed E-state index contributed by atoms with van der Waals surface area (Å²) >= 11 is 0. The van der Waals surface area contributed by atoms with Gasteiger partial charge in [0.1, 0.15) is 17.2 Å². The molecule has 0 amide bonds. The molecule has 2 aromatic rings. The molecular weight excluding hydrogens is 200 g/mol. The Kier molecular flexibility index (Phi) is 2.73. The Morgan fingerprint density at radius 1 is 0.875 bits per heavy atom. The van der Waals surface area contributed by atoms with Gasteiger partial charge in [-0.1, -0.05) is 17.7 Å². The van der Waals surface area contributed by atoms with E-state index in [1.54, 1.807) is 25.3 Å². The second-order valence-electron chi connectivity index (χ2n) is 3.51. The maximum absolute atomic E-state index is 7.71. The normalized spacial score (nSPS) is 10.8. The van der Waals surface area contributed by atoms with Gasteiger partial charge in [-0.2, -0.15) is 0 Å². The van der Waals surface area contributed by atoms with Gasteiger partial charge in [0.25, 0.3) is 0 Å². The largest absolute Gasteiger partial charge is 0.497 e. The number of hydrogen-bond acceptors (Lipinski definition) is 2. The van der Waals surface area contributed by atoms with Crippen LogP contribution >= 0.6 is 0 Å². The van der Waals surface area contributed by atoms with Crippen molar-refractivity contribution in [2.75, 3.05) is 7.11 Å². The van der Waals surface area contributed by atoms with E-state index in [2.05, 4.69) is 0 Å². The lowest BCUT2D eigenvalue weighted by atomic mass is 10.2. The molecule has 0 radical (unpaired) electrons. The average molecular weight is 215 g/mol. The van der Waals surface area contributed by atoms with Crippen molar-refractivity contribution in [2.24, 2.45) is 0 Å². The Labute approximate surface area is 96.9 Å². The van der Waals surface area contributed by atoms with Crippen LogP contribution in [0.4, 0.5) is 0 Å². The highest BCUT2D eigenvalue weighted by Crippen LogP contribution is 2.23. The highest BCUT2D eigenvalue weighted by molar-refractivity contribution is 5.36. The van der Waals surface area contributed by atoms with Crippen LogP contribution in [0.3, 0.4) is 0 Å². The summed E-state index contributed by atoms with van der Waals surface area (Å²) in [7, 11) is 1.55. The van der Waals surface area contributed by atoms with Crippen LogP contribution in [0.25, 0.3) is 0 Å². The summed E-state index contributed by atoms with van der Waals surface area (Å²) in [5.41, 5.74) is 1.19. The summed E-state index contributed by atoms with van der Waals surface area (Å²) in [4.78, 5) is 0. The van der Waals surface area contributed by atoms with Gasteiger partial charge in [-0.25, -0.2) is 0 Å². The number of rotatable bonds is 3. The molecule has 0 spiro atoms. The predicted octanol–water partition coefficient (Wildman–Crippen LogP) is 3.80. The molecule has 0 atom stereocenters. The summed E-state index contributed by atoms with van der Waals surface area (Å²) in [5, 5.41) is 0. The minimum Gasteiger partial charge on any atom is -0.497 e. The number of benzene rings is 2. The highest BCUT2D eigenvalue weighted by Gasteiger charge is 1.97. The molecule has 0 aliphatic heterocycles. The van der Waals surface area contributed by atoms with E-state index in [0.29, 0.717) is 17.5 Å². The minimum absolute atomic E-state index is 0.317. The molecule has 16 heavy (non-hydrogen) atoms. The molecule has 0 aromatic heterocycles. The van der Waals surface area contributed by atoms with Gasteiger partial charge in [0, 0.05) is 0 Å². The summed E-state index contributed by atoms with van der Waals surface area (Å²) in [6.45, 7) is 2.03. The van der Waals surface area contributed by atoms with E-state index in [9.17, 15) is 0 Å². The standard InChI is InChI=1S/C14H14O2/c1-11-3-5-13(6-4-11)16-14-9-7-12(15-2)8-10-14/h3-10H,1-2H3/i7D. The van der Waals surface area contributed by atoms with E-state index in [1.807, 2.05) is 31.2 Å². The van der Waals surface area contributed by atoms with E-state index >= 15 is 0 Å². The first-order valence-corrected chi connectivity index (χ1v) is 5.08. The first-order chi connectivity index (χ1) is 8.19.